The maximum atomic E-state index is 5.51. The van der Waals surface area contributed by atoms with Gasteiger partial charge in [0.25, 0.3) is 0 Å². The molecule has 94 valence electrons. The number of hydrogen-bond acceptors (Lipinski definition) is 2. The number of fused-ring (bicyclic) bond motifs is 1. The van der Waals surface area contributed by atoms with Crippen LogP contribution in [0.25, 0.3) is 0 Å². The fraction of sp³-hybridized carbons (Fsp3) is 0.600. The van der Waals surface area contributed by atoms with Gasteiger partial charge in [-0.3, -0.25) is 0 Å². The Labute approximate surface area is 105 Å². The maximum absolute atomic E-state index is 5.51. The highest BCUT2D eigenvalue weighted by molar-refractivity contribution is 5.65. The van der Waals surface area contributed by atoms with Crippen molar-refractivity contribution < 1.29 is 4.74 Å². The van der Waals surface area contributed by atoms with Crippen molar-refractivity contribution in [2.24, 2.45) is 5.92 Å². The van der Waals surface area contributed by atoms with Crippen LogP contribution in [0.3, 0.4) is 0 Å². The van der Waals surface area contributed by atoms with Crippen LogP contribution in [-0.2, 0) is 6.42 Å². The molecule has 1 aromatic carbocycles. The van der Waals surface area contributed by atoms with Gasteiger partial charge in [0.05, 0.1) is 12.8 Å². The first kappa shape index (κ1) is 12.3. The molecule has 2 nitrogen and oxygen atoms in total. The Bertz CT molecular complexity index is 359. The van der Waals surface area contributed by atoms with Crippen molar-refractivity contribution in [3.8, 4) is 5.75 Å². The lowest BCUT2D eigenvalue weighted by molar-refractivity contribution is 0.411. The van der Waals surface area contributed by atoms with Crippen molar-refractivity contribution in [3.63, 3.8) is 0 Å². The van der Waals surface area contributed by atoms with E-state index in [2.05, 4.69) is 36.9 Å². The Hall–Kier alpha value is -1.18. The first-order valence-corrected chi connectivity index (χ1v) is 6.63. The van der Waals surface area contributed by atoms with Gasteiger partial charge in [0.15, 0.2) is 0 Å². The molecule has 0 amide bonds. The largest absolute Gasteiger partial charge is 0.495 e. The van der Waals surface area contributed by atoms with Crippen LogP contribution < -0.4 is 9.64 Å². The number of hydrogen-bond donors (Lipinski definition) is 0. The SMILES string of the molecule is COc1cccc2c1N(CCC(C)C)CCC2. The summed E-state index contributed by atoms with van der Waals surface area (Å²) in [5.41, 5.74) is 2.78. The molecule has 1 aliphatic rings. The van der Waals surface area contributed by atoms with Gasteiger partial charge in [0.2, 0.25) is 0 Å². The molecule has 1 aliphatic heterocycles. The van der Waals surface area contributed by atoms with E-state index in [4.69, 9.17) is 4.74 Å². The summed E-state index contributed by atoms with van der Waals surface area (Å²) in [6, 6.07) is 6.41. The summed E-state index contributed by atoms with van der Waals surface area (Å²) < 4.78 is 5.51. The van der Waals surface area contributed by atoms with E-state index in [0.717, 1.165) is 18.2 Å². The first-order chi connectivity index (χ1) is 8.22. The molecule has 17 heavy (non-hydrogen) atoms. The van der Waals surface area contributed by atoms with Crippen LogP contribution in [-0.4, -0.2) is 20.2 Å². The summed E-state index contributed by atoms with van der Waals surface area (Å²) in [6.45, 7) is 6.88. The highest BCUT2D eigenvalue weighted by Crippen LogP contribution is 2.36. The fourth-order valence-electron chi connectivity index (χ4n) is 2.50. The Kier molecular flexibility index (Phi) is 3.93. The number of nitrogens with zero attached hydrogens (tertiary/aromatic N) is 1. The van der Waals surface area contributed by atoms with Crippen LogP contribution in [0.15, 0.2) is 18.2 Å². The summed E-state index contributed by atoms with van der Waals surface area (Å²) in [4.78, 5) is 2.50. The first-order valence-electron chi connectivity index (χ1n) is 6.63. The number of benzene rings is 1. The standard InChI is InChI=1S/C15H23NO/c1-12(2)9-11-16-10-5-7-13-6-4-8-14(17-3)15(13)16/h4,6,8,12H,5,7,9-11H2,1-3H3. The van der Waals surface area contributed by atoms with Crippen LogP contribution in [0.1, 0.15) is 32.3 Å². The smallest absolute Gasteiger partial charge is 0.142 e. The minimum absolute atomic E-state index is 0.759. The van der Waals surface area contributed by atoms with Crippen LogP contribution in [0.2, 0.25) is 0 Å². The van der Waals surface area contributed by atoms with Gasteiger partial charge in [-0.1, -0.05) is 26.0 Å². The van der Waals surface area contributed by atoms with Crippen LogP contribution in [0.4, 0.5) is 5.69 Å². The molecule has 0 N–H and O–H groups in total. The topological polar surface area (TPSA) is 12.5 Å². The molecule has 2 rings (SSSR count). The van der Waals surface area contributed by atoms with Gasteiger partial charge < -0.3 is 9.64 Å². The lowest BCUT2D eigenvalue weighted by Gasteiger charge is -2.33. The summed E-state index contributed by atoms with van der Waals surface area (Å²) in [7, 11) is 1.77. The molecule has 0 radical (unpaired) electrons. The molecule has 0 aliphatic carbocycles. The maximum Gasteiger partial charge on any atom is 0.142 e. The van der Waals surface area contributed by atoms with E-state index in [0.29, 0.717) is 0 Å². The summed E-state index contributed by atoms with van der Waals surface area (Å²) in [6.07, 6.45) is 3.69. The predicted octanol–water partition coefficient (Wildman–Crippen LogP) is 3.49. The number of rotatable bonds is 4. The summed E-state index contributed by atoms with van der Waals surface area (Å²) in [5, 5.41) is 0. The Morgan fingerprint density at radius 1 is 1.35 bits per heavy atom. The molecule has 0 spiro atoms. The third kappa shape index (κ3) is 2.74. The van der Waals surface area contributed by atoms with Crippen molar-refractivity contribution in [1.29, 1.82) is 0 Å². The molecule has 0 bridgehead atoms. The Morgan fingerprint density at radius 3 is 2.88 bits per heavy atom. The second kappa shape index (κ2) is 5.44. The van der Waals surface area contributed by atoms with Gasteiger partial charge >= 0.3 is 0 Å². The van der Waals surface area contributed by atoms with Crippen molar-refractivity contribution in [3.05, 3.63) is 23.8 Å². The molecule has 0 fully saturated rings. The van der Waals surface area contributed by atoms with Crippen LogP contribution >= 0.6 is 0 Å². The molecule has 1 heterocycles. The molecule has 0 saturated heterocycles. The van der Waals surface area contributed by atoms with Crippen molar-refractivity contribution in [1.82, 2.24) is 0 Å². The van der Waals surface area contributed by atoms with E-state index in [1.165, 1.54) is 37.1 Å². The van der Waals surface area contributed by atoms with Gasteiger partial charge in [0, 0.05) is 13.1 Å². The van der Waals surface area contributed by atoms with E-state index in [-0.39, 0.29) is 0 Å². The number of aryl methyl sites for hydroxylation is 1. The van der Waals surface area contributed by atoms with Crippen molar-refractivity contribution in [2.45, 2.75) is 33.1 Å². The van der Waals surface area contributed by atoms with Gasteiger partial charge in [-0.2, -0.15) is 0 Å². The molecule has 0 atom stereocenters. The van der Waals surface area contributed by atoms with Gasteiger partial charge in [-0.15, -0.1) is 0 Å². The normalized spacial score (nSPS) is 14.9. The molecule has 0 aromatic heterocycles. The zero-order valence-corrected chi connectivity index (χ0v) is 11.2. The van der Waals surface area contributed by atoms with E-state index >= 15 is 0 Å². The highest BCUT2D eigenvalue weighted by atomic mass is 16.5. The highest BCUT2D eigenvalue weighted by Gasteiger charge is 2.20. The molecular weight excluding hydrogens is 210 g/mol. The molecular formula is C15H23NO. The zero-order chi connectivity index (χ0) is 12.3. The van der Waals surface area contributed by atoms with E-state index in [1.54, 1.807) is 7.11 Å². The van der Waals surface area contributed by atoms with Crippen LogP contribution in [0.5, 0.6) is 5.75 Å². The number of para-hydroxylation sites is 1. The number of ether oxygens (including phenoxy) is 1. The third-order valence-electron chi connectivity index (χ3n) is 3.47. The van der Waals surface area contributed by atoms with Gasteiger partial charge in [0.1, 0.15) is 5.75 Å². The van der Waals surface area contributed by atoms with Crippen molar-refractivity contribution in [2.75, 3.05) is 25.1 Å². The molecule has 0 saturated carbocycles. The lowest BCUT2D eigenvalue weighted by Crippen LogP contribution is -2.31. The Balaban J connectivity index is 2.22. The summed E-state index contributed by atoms with van der Waals surface area (Å²) >= 11 is 0. The van der Waals surface area contributed by atoms with E-state index in [1.807, 2.05) is 0 Å². The van der Waals surface area contributed by atoms with Gasteiger partial charge in [-0.25, -0.2) is 0 Å². The fourth-order valence-corrected chi connectivity index (χ4v) is 2.50. The van der Waals surface area contributed by atoms with Crippen molar-refractivity contribution >= 4 is 5.69 Å². The average Bonchev–Trinajstić information content (AvgIpc) is 2.35. The third-order valence-corrected chi connectivity index (χ3v) is 3.47. The van der Waals surface area contributed by atoms with E-state index < -0.39 is 0 Å². The van der Waals surface area contributed by atoms with Gasteiger partial charge in [-0.05, 0) is 36.8 Å². The molecule has 1 aromatic rings. The quantitative estimate of drug-likeness (QED) is 0.789. The monoisotopic (exact) mass is 233 g/mol. The number of methoxy groups -OCH3 is 1. The summed E-state index contributed by atoms with van der Waals surface area (Å²) in [5.74, 6) is 1.79. The minimum atomic E-state index is 0.759. The Morgan fingerprint density at radius 2 is 2.18 bits per heavy atom. The number of anilines is 1. The second-order valence-corrected chi connectivity index (χ2v) is 5.24. The molecule has 0 unspecified atom stereocenters. The average molecular weight is 233 g/mol. The second-order valence-electron chi connectivity index (χ2n) is 5.24. The van der Waals surface area contributed by atoms with Crippen LogP contribution in [0, 0.1) is 5.92 Å². The predicted molar refractivity (Wildman–Crippen MR) is 73.0 cm³/mol. The zero-order valence-electron chi connectivity index (χ0n) is 11.2. The minimum Gasteiger partial charge on any atom is -0.495 e. The lowest BCUT2D eigenvalue weighted by atomic mass is 10.00. The molecule has 2 heteroatoms. The van der Waals surface area contributed by atoms with E-state index in [9.17, 15) is 0 Å².